The highest BCUT2D eigenvalue weighted by Gasteiger charge is 2.21. The number of amides is 2. The first-order valence-corrected chi connectivity index (χ1v) is 11.8. The number of benzene rings is 3. The van der Waals surface area contributed by atoms with Gasteiger partial charge < -0.3 is 14.4 Å². The van der Waals surface area contributed by atoms with Gasteiger partial charge in [0.05, 0.1) is 5.69 Å². The molecule has 6 nitrogen and oxygen atoms in total. The monoisotopic (exact) mass is 492 g/mol. The van der Waals surface area contributed by atoms with Crippen molar-refractivity contribution in [2.75, 3.05) is 5.32 Å². The zero-order valence-corrected chi connectivity index (χ0v) is 19.3. The first kappa shape index (κ1) is 25.1. The standard InChI is InChI=1S/C24H23F3N2O4S/c1-3-16(2)29(24(30)28-23-13-8-19(26)14-22(23)27)15-17-4-9-20(10-5-17)33-34(31,32)21-11-6-18(25)7-12-21/h4-14,16H,3,15H2,1-2H3,(H,28,30). The lowest BCUT2D eigenvalue weighted by atomic mass is 10.1. The van der Waals surface area contributed by atoms with Gasteiger partial charge in [0.15, 0.2) is 0 Å². The van der Waals surface area contributed by atoms with Crippen molar-refractivity contribution in [3.05, 3.63) is 89.7 Å². The van der Waals surface area contributed by atoms with Gasteiger partial charge >= 0.3 is 16.1 Å². The van der Waals surface area contributed by atoms with E-state index in [2.05, 4.69) is 5.32 Å². The molecule has 0 heterocycles. The van der Waals surface area contributed by atoms with E-state index in [9.17, 15) is 26.4 Å². The molecule has 0 saturated carbocycles. The Morgan fingerprint density at radius 1 is 0.971 bits per heavy atom. The van der Waals surface area contributed by atoms with Gasteiger partial charge in [0.1, 0.15) is 28.1 Å². The molecule has 1 N–H and O–H groups in total. The molecule has 1 atom stereocenters. The topological polar surface area (TPSA) is 75.7 Å². The van der Waals surface area contributed by atoms with Crippen LogP contribution in [-0.4, -0.2) is 25.4 Å². The van der Waals surface area contributed by atoms with Crippen LogP contribution in [-0.2, 0) is 16.7 Å². The highest BCUT2D eigenvalue weighted by Crippen LogP contribution is 2.22. The highest BCUT2D eigenvalue weighted by atomic mass is 32.2. The van der Waals surface area contributed by atoms with Gasteiger partial charge in [-0.15, -0.1) is 0 Å². The Kier molecular flexibility index (Phi) is 7.83. The van der Waals surface area contributed by atoms with Gasteiger partial charge in [0, 0.05) is 18.7 Å². The minimum atomic E-state index is -4.14. The normalized spacial score (nSPS) is 12.1. The van der Waals surface area contributed by atoms with Crippen LogP contribution >= 0.6 is 0 Å². The van der Waals surface area contributed by atoms with Crippen molar-refractivity contribution < 1.29 is 30.6 Å². The summed E-state index contributed by atoms with van der Waals surface area (Å²) in [6, 6.07) is 12.4. The van der Waals surface area contributed by atoms with E-state index in [1.54, 1.807) is 12.1 Å². The summed E-state index contributed by atoms with van der Waals surface area (Å²) >= 11 is 0. The molecule has 0 spiro atoms. The Labute approximate surface area is 196 Å². The number of nitrogens with one attached hydrogen (secondary N) is 1. The van der Waals surface area contributed by atoms with Crippen molar-refractivity contribution in [2.24, 2.45) is 0 Å². The third-order valence-corrected chi connectivity index (χ3v) is 6.40. The van der Waals surface area contributed by atoms with Crippen LogP contribution in [0.3, 0.4) is 0 Å². The van der Waals surface area contributed by atoms with Gasteiger partial charge in [0.2, 0.25) is 0 Å². The van der Waals surface area contributed by atoms with Crippen LogP contribution in [0.4, 0.5) is 23.7 Å². The average molecular weight is 493 g/mol. The number of nitrogens with zero attached hydrogens (tertiary/aromatic N) is 1. The second kappa shape index (κ2) is 10.6. The molecule has 0 aliphatic rings. The maximum atomic E-state index is 14.0. The quantitative estimate of drug-likeness (QED) is 0.409. The summed E-state index contributed by atoms with van der Waals surface area (Å²) < 4.78 is 69.9. The molecule has 0 bridgehead atoms. The Morgan fingerprint density at radius 3 is 2.18 bits per heavy atom. The number of carbonyl (C=O) groups excluding carboxylic acids is 1. The van der Waals surface area contributed by atoms with Crippen molar-refractivity contribution in [1.29, 1.82) is 0 Å². The van der Waals surface area contributed by atoms with Gasteiger partial charge in [-0.25, -0.2) is 18.0 Å². The third-order valence-electron chi connectivity index (χ3n) is 5.14. The molecular weight excluding hydrogens is 469 g/mol. The second-order valence-electron chi connectivity index (χ2n) is 7.57. The summed E-state index contributed by atoms with van der Waals surface area (Å²) in [4.78, 5) is 14.1. The number of hydrogen-bond acceptors (Lipinski definition) is 4. The zero-order chi connectivity index (χ0) is 24.9. The van der Waals surface area contributed by atoms with Crippen LogP contribution < -0.4 is 9.50 Å². The number of halogens is 3. The van der Waals surface area contributed by atoms with Gasteiger partial charge in [-0.3, -0.25) is 0 Å². The first-order valence-electron chi connectivity index (χ1n) is 10.4. The lowest BCUT2D eigenvalue weighted by Crippen LogP contribution is -2.40. The fourth-order valence-corrected chi connectivity index (χ4v) is 3.98. The summed E-state index contributed by atoms with van der Waals surface area (Å²) in [6.45, 7) is 3.86. The lowest BCUT2D eigenvalue weighted by molar-refractivity contribution is 0.187. The second-order valence-corrected chi connectivity index (χ2v) is 9.12. The van der Waals surface area contributed by atoms with E-state index in [0.29, 0.717) is 18.1 Å². The van der Waals surface area contributed by atoms with Gasteiger partial charge in [-0.2, -0.15) is 8.42 Å². The summed E-state index contributed by atoms with van der Waals surface area (Å²) in [5.74, 6) is -2.17. The molecule has 0 radical (unpaired) electrons. The Hall–Kier alpha value is -3.53. The molecule has 0 saturated heterocycles. The number of urea groups is 1. The fourth-order valence-electron chi connectivity index (χ4n) is 3.05. The highest BCUT2D eigenvalue weighted by molar-refractivity contribution is 7.87. The SMILES string of the molecule is CCC(C)N(Cc1ccc(OS(=O)(=O)c2ccc(F)cc2)cc1)C(=O)Nc1ccc(F)cc1F. The molecular formula is C24H23F3N2O4S. The van der Waals surface area contributed by atoms with E-state index in [-0.39, 0.29) is 28.9 Å². The molecule has 180 valence electrons. The summed E-state index contributed by atoms with van der Waals surface area (Å²) in [6.07, 6.45) is 0.621. The zero-order valence-electron chi connectivity index (χ0n) is 18.5. The van der Waals surface area contributed by atoms with E-state index in [4.69, 9.17) is 4.18 Å². The molecule has 0 aliphatic carbocycles. The molecule has 0 aliphatic heterocycles. The molecule has 0 fully saturated rings. The van der Waals surface area contributed by atoms with E-state index in [0.717, 1.165) is 36.4 Å². The molecule has 3 aromatic rings. The minimum absolute atomic E-state index is 0.0426. The van der Waals surface area contributed by atoms with Crippen LogP contribution in [0.5, 0.6) is 5.75 Å². The van der Waals surface area contributed by atoms with Crippen LogP contribution in [0.25, 0.3) is 0 Å². The number of rotatable bonds is 8. The minimum Gasteiger partial charge on any atom is -0.379 e. The molecule has 1 unspecified atom stereocenters. The molecule has 3 aromatic carbocycles. The fraction of sp³-hybridized carbons (Fsp3) is 0.208. The third kappa shape index (κ3) is 6.28. The molecule has 0 aromatic heterocycles. The predicted octanol–water partition coefficient (Wildman–Crippen LogP) is 5.70. The average Bonchev–Trinajstić information content (AvgIpc) is 2.80. The smallest absolute Gasteiger partial charge is 0.339 e. The van der Waals surface area contributed by atoms with Crippen molar-refractivity contribution in [3.63, 3.8) is 0 Å². The van der Waals surface area contributed by atoms with E-state index < -0.39 is 33.6 Å². The van der Waals surface area contributed by atoms with Gasteiger partial charge in [-0.05, 0) is 67.4 Å². The Morgan fingerprint density at radius 2 is 1.59 bits per heavy atom. The molecule has 34 heavy (non-hydrogen) atoms. The largest absolute Gasteiger partial charge is 0.379 e. The number of hydrogen-bond donors (Lipinski definition) is 1. The van der Waals surface area contributed by atoms with Crippen molar-refractivity contribution in [1.82, 2.24) is 4.90 Å². The van der Waals surface area contributed by atoms with Crippen LogP contribution in [0, 0.1) is 17.5 Å². The van der Waals surface area contributed by atoms with Crippen molar-refractivity contribution in [3.8, 4) is 5.75 Å². The Bertz CT molecular complexity index is 1250. The summed E-state index contributed by atoms with van der Waals surface area (Å²) in [5.41, 5.74) is 0.524. The maximum absolute atomic E-state index is 14.0. The van der Waals surface area contributed by atoms with E-state index >= 15 is 0 Å². The van der Waals surface area contributed by atoms with Crippen LogP contribution in [0.15, 0.2) is 71.6 Å². The van der Waals surface area contributed by atoms with Crippen molar-refractivity contribution in [2.45, 2.75) is 37.8 Å². The molecule has 3 rings (SSSR count). The lowest BCUT2D eigenvalue weighted by Gasteiger charge is -2.29. The van der Waals surface area contributed by atoms with Gasteiger partial charge in [0.25, 0.3) is 0 Å². The molecule has 10 heteroatoms. The van der Waals surface area contributed by atoms with E-state index in [1.165, 1.54) is 17.0 Å². The van der Waals surface area contributed by atoms with E-state index in [1.807, 2.05) is 13.8 Å². The van der Waals surface area contributed by atoms with Gasteiger partial charge in [-0.1, -0.05) is 19.1 Å². The Balaban J connectivity index is 1.72. The maximum Gasteiger partial charge on any atom is 0.339 e. The van der Waals surface area contributed by atoms with Crippen molar-refractivity contribution >= 4 is 21.8 Å². The molecule has 2 amide bonds. The van der Waals surface area contributed by atoms with Crippen LogP contribution in [0.1, 0.15) is 25.8 Å². The predicted molar refractivity (Wildman–Crippen MR) is 121 cm³/mol. The number of carbonyl (C=O) groups is 1. The van der Waals surface area contributed by atoms with Crippen LogP contribution in [0.2, 0.25) is 0 Å². The first-order chi connectivity index (χ1) is 16.1. The summed E-state index contributed by atoms with van der Waals surface area (Å²) in [7, 11) is -4.14. The summed E-state index contributed by atoms with van der Waals surface area (Å²) in [5, 5.41) is 2.45. The number of anilines is 1.